The van der Waals surface area contributed by atoms with Crippen LogP contribution in [0.5, 0.6) is 0 Å². The Morgan fingerprint density at radius 2 is 2.00 bits per heavy atom. The first-order chi connectivity index (χ1) is 11.7. The van der Waals surface area contributed by atoms with Gasteiger partial charge in [0, 0.05) is 18.3 Å². The van der Waals surface area contributed by atoms with Gasteiger partial charge in [-0.15, -0.1) is 0 Å². The lowest BCUT2D eigenvalue weighted by Crippen LogP contribution is -2.45. The van der Waals surface area contributed by atoms with Crippen LogP contribution in [0.3, 0.4) is 0 Å². The van der Waals surface area contributed by atoms with Crippen molar-refractivity contribution in [1.29, 1.82) is 0 Å². The van der Waals surface area contributed by atoms with Crippen LogP contribution < -0.4 is 10.6 Å². The van der Waals surface area contributed by atoms with E-state index in [1.165, 1.54) is 24.2 Å². The number of thioether (sulfide) groups is 1. The minimum Gasteiger partial charge on any atom is -0.467 e. The van der Waals surface area contributed by atoms with Crippen molar-refractivity contribution in [2.75, 3.05) is 31.1 Å². The second-order valence-electron chi connectivity index (χ2n) is 6.47. The van der Waals surface area contributed by atoms with E-state index in [9.17, 15) is 9.59 Å². The third-order valence-electron chi connectivity index (χ3n) is 4.83. The van der Waals surface area contributed by atoms with Gasteiger partial charge in [0.2, 0.25) is 0 Å². The van der Waals surface area contributed by atoms with Crippen LogP contribution in [0, 0.1) is 5.92 Å². The van der Waals surface area contributed by atoms with Crippen LogP contribution in [-0.2, 0) is 16.1 Å². The van der Waals surface area contributed by atoms with Crippen molar-refractivity contribution in [3.05, 3.63) is 24.2 Å². The fourth-order valence-corrected chi connectivity index (χ4v) is 4.57. The molecule has 2 amide bonds. The molecular weight excluding hydrogens is 326 g/mol. The smallest absolute Gasteiger partial charge is 0.309 e. The highest BCUT2D eigenvalue weighted by Gasteiger charge is 2.27. The summed E-state index contributed by atoms with van der Waals surface area (Å²) in [7, 11) is 0. The number of carbonyl (C=O) groups is 2. The largest absolute Gasteiger partial charge is 0.467 e. The molecule has 2 aliphatic rings. The molecule has 2 saturated heterocycles. The van der Waals surface area contributed by atoms with Crippen LogP contribution in [0.4, 0.5) is 0 Å². The maximum absolute atomic E-state index is 11.9. The molecule has 1 aromatic rings. The van der Waals surface area contributed by atoms with Gasteiger partial charge in [0.1, 0.15) is 5.76 Å². The zero-order valence-corrected chi connectivity index (χ0v) is 14.6. The van der Waals surface area contributed by atoms with Crippen LogP contribution in [0.1, 0.15) is 25.0 Å². The normalized spacial score (nSPS) is 22.4. The molecule has 0 aliphatic carbocycles. The quantitative estimate of drug-likeness (QED) is 0.781. The van der Waals surface area contributed by atoms with Crippen LogP contribution in [0.15, 0.2) is 22.8 Å². The van der Waals surface area contributed by atoms with Crippen molar-refractivity contribution in [2.45, 2.75) is 31.8 Å². The van der Waals surface area contributed by atoms with Crippen LogP contribution >= 0.6 is 11.8 Å². The zero-order chi connectivity index (χ0) is 16.8. The van der Waals surface area contributed by atoms with Gasteiger partial charge in [0.05, 0.1) is 12.8 Å². The predicted octanol–water partition coefficient (Wildman–Crippen LogP) is 1.23. The Bertz CT molecular complexity index is 535. The fourth-order valence-electron chi connectivity index (χ4n) is 3.31. The maximum Gasteiger partial charge on any atom is 0.309 e. The van der Waals surface area contributed by atoms with Gasteiger partial charge < -0.3 is 15.1 Å². The Balaban J connectivity index is 1.32. The van der Waals surface area contributed by atoms with Crippen molar-refractivity contribution in [3.8, 4) is 0 Å². The molecule has 7 heteroatoms. The lowest BCUT2D eigenvalue weighted by atomic mass is 9.95. The van der Waals surface area contributed by atoms with Gasteiger partial charge >= 0.3 is 11.8 Å². The molecule has 1 aromatic heterocycles. The molecule has 3 heterocycles. The zero-order valence-electron chi connectivity index (χ0n) is 13.8. The summed E-state index contributed by atoms with van der Waals surface area (Å²) in [5.41, 5.74) is 0. The Labute approximate surface area is 146 Å². The predicted molar refractivity (Wildman–Crippen MR) is 93.6 cm³/mol. The Hall–Kier alpha value is -1.47. The van der Waals surface area contributed by atoms with Crippen molar-refractivity contribution in [1.82, 2.24) is 15.5 Å². The van der Waals surface area contributed by atoms with Crippen molar-refractivity contribution in [3.63, 3.8) is 0 Å². The monoisotopic (exact) mass is 351 g/mol. The first-order valence-electron chi connectivity index (χ1n) is 8.62. The molecule has 24 heavy (non-hydrogen) atoms. The number of hydrogen-bond donors (Lipinski definition) is 2. The molecule has 0 aromatic carbocycles. The summed E-state index contributed by atoms with van der Waals surface area (Å²) in [6.45, 7) is 3.03. The van der Waals surface area contributed by atoms with E-state index in [4.69, 9.17) is 4.42 Å². The SMILES string of the molecule is O=C(NCc1ccco1)C(=O)NCC1CCN([C@@H]2CCSC2)CC1. The van der Waals surface area contributed by atoms with E-state index in [1.54, 1.807) is 12.1 Å². The molecule has 0 spiro atoms. The highest BCUT2D eigenvalue weighted by molar-refractivity contribution is 7.99. The first kappa shape index (κ1) is 17.4. The van der Waals surface area contributed by atoms with Crippen molar-refractivity contribution >= 4 is 23.6 Å². The number of nitrogens with zero attached hydrogens (tertiary/aromatic N) is 1. The molecule has 2 aliphatic heterocycles. The third kappa shape index (κ3) is 4.77. The summed E-state index contributed by atoms with van der Waals surface area (Å²) in [6.07, 6.45) is 5.03. The summed E-state index contributed by atoms with van der Waals surface area (Å²) in [5, 5.41) is 5.32. The fraction of sp³-hybridized carbons (Fsp3) is 0.647. The second kappa shape index (κ2) is 8.58. The molecule has 6 nitrogen and oxygen atoms in total. The molecule has 132 valence electrons. The maximum atomic E-state index is 11.9. The van der Waals surface area contributed by atoms with Crippen LogP contribution in [0.2, 0.25) is 0 Å². The number of carbonyl (C=O) groups excluding carboxylic acids is 2. The molecule has 0 radical (unpaired) electrons. The summed E-state index contributed by atoms with van der Waals surface area (Å²) >= 11 is 2.05. The van der Waals surface area contributed by atoms with Gasteiger partial charge in [-0.3, -0.25) is 14.5 Å². The summed E-state index contributed by atoms with van der Waals surface area (Å²) < 4.78 is 5.12. The first-order valence-corrected chi connectivity index (χ1v) is 9.78. The minimum absolute atomic E-state index is 0.233. The number of likely N-dealkylation sites (tertiary alicyclic amines) is 1. The van der Waals surface area contributed by atoms with Gasteiger partial charge in [-0.25, -0.2) is 0 Å². The summed E-state index contributed by atoms with van der Waals surface area (Å²) in [4.78, 5) is 26.2. The Kier molecular flexibility index (Phi) is 6.20. The van der Waals surface area contributed by atoms with E-state index in [-0.39, 0.29) is 6.54 Å². The van der Waals surface area contributed by atoms with E-state index in [2.05, 4.69) is 15.5 Å². The number of rotatable bonds is 5. The van der Waals surface area contributed by atoms with E-state index < -0.39 is 11.8 Å². The lowest BCUT2D eigenvalue weighted by Gasteiger charge is -2.35. The van der Waals surface area contributed by atoms with Gasteiger partial charge in [-0.2, -0.15) is 11.8 Å². The summed E-state index contributed by atoms with van der Waals surface area (Å²) in [6, 6.07) is 4.26. The Morgan fingerprint density at radius 1 is 1.21 bits per heavy atom. The molecule has 3 rings (SSSR count). The van der Waals surface area contributed by atoms with Gasteiger partial charge in [0.15, 0.2) is 0 Å². The molecule has 0 unspecified atom stereocenters. The number of amides is 2. The average molecular weight is 351 g/mol. The lowest BCUT2D eigenvalue weighted by molar-refractivity contribution is -0.139. The number of piperidine rings is 1. The highest BCUT2D eigenvalue weighted by atomic mass is 32.2. The van der Waals surface area contributed by atoms with Crippen LogP contribution in [0.25, 0.3) is 0 Å². The van der Waals surface area contributed by atoms with Crippen molar-refractivity contribution < 1.29 is 14.0 Å². The number of furan rings is 1. The summed E-state index contributed by atoms with van der Waals surface area (Å²) in [5.74, 6) is 2.49. The minimum atomic E-state index is -0.605. The van der Waals surface area contributed by atoms with E-state index in [0.29, 0.717) is 18.2 Å². The van der Waals surface area contributed by atoms with Gasteiger partial charge in [-0.05, 0) is 56.2 Å². The van der Waals surface area contributed by atoms with E-state index in [1.807, 2.05) is 11.8 Å². The van der Waals surface area contributed by atoms with Crippen LogP contribution in [-0.4, -0.2) is 53.9 Å². The Morgan fingerprint density at radius 3 is 2.67 bits per heavy atom. The number of nitrogens with one attached hydrogen (secondary N) is 2. The second-order valence-corrected chi connectivity index (χ2v) is 7.62. The number of hydrogen-bond acceptors (Lipinski definition) is 5. The third-order valence-corrected chi connectivity index (χ3v) is 5.98. The van der Waals surface area contributed by atoms with Crippen molar-refractivity contribution in [2.24, 2.45) is 5.92 Å². The molecular formula is C17H25N3O3S. The molecule has 1 atom stereocenters. The average Bonchev–Trinajstić information content (AvgIpc) is 3.31. The molecule has 0 bridgehead atoms. The van der Waals surface area contributed by atoms with E-state index in [0.717, 1.165) is 32.0 Å². The molecule has 2 N–H and O–H groups in total. The van der Waals surface area contributed by atoms with Gasteiger partial charge in [-0.1, -0.05) is 0 Å². The molecule has 0 saturated carbocycles. The van der Waals surface area contributed by atoms with Gasteiger partial charge in [0.25, 0.3) is 0 Å². The molecule has 2 fully saturated rings. The van der Waals surface area contributed by atoms with E-state index >= 15 is 0 Å². The standard InChI is InChI=1S/C17H25N3O3S/c21-16(17(22)19-11-15-2-1-8-23-15)18-10-13-3-6-20(7-4-13)14-5-9-24-12-14/h1-2,8,13-14H,3-7,9-12H2,(H,18,21)(H,19,22)/t14-/m1/s1. The topological polar surface area (TPSA) is 74.6 Å². The highest BCUT2D eigenvalue weighted by Crippen LogP contribution is 2.26.